The molecule has 1 N–H and O–H groups in total. The van der Waals surface area contributed by atoms with Crippen molar-refractivity contribution >= 4 is 11.8 Å². The van der Waals surface area contributed by atoms with Crippen molar-refractivity contribution in [2.24, 2.45) is 0 Å². The molecule has 0 radical (unpaired) electrons. The lowest BCUT2D eigenvalue weighted by Gasteiger charge is -2.36. The Morgan fingerprint density at radius 1 is 1.12 bits per heavy atom. The van der Waals surface area contributed by atoms with E-state index in [9.17, 15) is 5.11 Å². The highest BCUT2D eigenvalue weighted by Crippen LogP contribution is 2.40. The predicted octanol–water partition coefficient (Wildman–Crippen LogP) is 3.20. The van der Waals surface area contributed by atoms with E-state index in [1.807, 2.05) is 39.8 Å². The van der Waals surface area contributed by atoms with Crippen LogP contribution in [0.15, 0.2) is 29.2 Å². The summed E-state index contributed by atoms with van der Waals surface area (Å²) in [5.41, 5.74) is -0.101. The monoisotopic (exact) mass is 235 g/mol. The van der Waals surface area contributed by atoms with E-state index in [1.165, 1.54) is 0 Å². The van der Waals surface area contributed by atoms with E-state index in [0.717, 1.165) is 4.90 Å². The third kappa shape index (κ3) is 3.01. The molecule has 0 aliphatic heterocycles. The van der Waals surface area contributed by atoms with Gasteiger partial charge in [-0.05, 0) is 52.0 Å². The molecular weight excluding hydrogens is 218 g/mol. The second-order valence-corrected chi connectivity index (χ2v) is 6.50. The van der Waals surface area contributed by atoms with Gasteiger partial charge in [-0.2, -0.15) is 5.26 Å². The normalized spacial score (nSPS) is 12.2. The Hall–Kier alpha value is -0.980. The molecule has 0 saturated carbocycles. The number of hydrogen-bond acceptors (Lipinski definition) is 3. The van der Waals surface area contributed by atoms with Crippen molar-refractivity contribution in [1.82, 2.24) is 0 Å². The molecule has 0 aromatic heterocycles. The first-order chi connectivity index (χ1) is 7.26. The van der Waals surface area contributed by atoms with E-state index in [-0.39, 0.29) is 4.75 Å². The van der Waals surface area contributed by atoms with Crippen molar-refractivity contribution in [2.45, 2.75) is 42.9 Å². The van der Waals surface area contributed by atoms with Crippen LogP contribution >= 0.6 is 11.8 Å². The topological polar surface area (TPSA) is 44.0 Å². The number of nitriles is 1. The third-order valence-corrected chi connectivity index (χ3v) is 4.35. The van der Waals surface area contributed by atoms with Crippen molar-refractivity contribution in [1.29, 1.82) is 5.26 Å². The number of thioether (sulfide) groups is 1. The molecule has 0 unspecified atom stereocenters. The highest BCUT2D eigenvalue weighted by atomic mass is 32.2. The molecule has 0 aliphatic carbocycles. The fourth-order valence-corrected chi connectivity index (χ4v) is 2.13. The SMILES string of the molecule is CC(C)(O)C(C)(C)Sc1ccc(C#N)cc1. The number of rotatable bonds is 3. The molecule has 0 fully saturated rings. The van der Waals surface area contributed by atoms with Crippen molar-refractivity contribution in [3.63, 3.8) is 0 Å². The lowest BCUT2D eigenvalue weighted by Crippen LogP contribution is -2.42. The van der Waals surface area contributed by atoms with Gasteiger partial charge in [0.15, 0.2) is 0 Å². The van der Waals surface area contributed by atoms with Crippen LogP contribution in [0.4, 0.5) is 0 Å². The van der Waals surface area contributed by atoms with Crippen LogP contribution in [0, 0.1) is 11.3 Å². The fraction of sp³-hybridized carbons (Fsp3) is 0.462. The Bertz CT molecular complexity index is 395. The maximum Gasteiger partial charge on any atom is 0.0991 e. The molecule has 16 heavy (non-hydrogen) atoms. The zero-order valence-corrected chi connectivity index (χ0v) is 10.9. The quantitative estimate of drug-likeness (QED) is 0.818. The van der Waals surface area contributed by atoms with E-state index in [2.05, 4.69) is 6.07 Å². The molecular formula is C13H17NOS. The molecule has 0 spiro atoms. The number of hydrogen-bond donors (Lipinski definition) is 1. The van der Waals surface area contributed by atoms with Crippen molar-refractivity contribution in [2.75, 3.05) is 0 Å². The summed E-state index contributed by atoms with van der Waals surface area (Å²) in [5, 5.41) is 18.7. The van der Waals surface area contributed by atoms with E-state index in [0.29, 0.717) is 5.56 Å². The lowest BCUT2D eigenvalue weighted by atomic mass is 9.94. The van der Waals surface area contributed by atoms with Crippen LogP contribution in [0.2, 0.25) is 0 Å². The number of benzene rings is 1. The lowest BCUT2D eigenvalue weighted by molar-refractivity contribution is 0.0492. The summed E-state index contributed by atoms with van der Waals surface area (Å²) in [6.07, 6.45) is 0. The largest absolute Gasteiger partial charge is 0.389 e. The van der Waals surface area contributed by atoms with Crippen molar-refractivity contribution in [3.8, 4) is 6.07 Å². The molecule has 0 bridgehead atoms. The summed E-state index contributed by atoms with van der Waals surface area (Å²) in [6.45, 7) is 7.64. The van der Waals surface area contributed by atoms with E-state index in [1.54, 1.807) is 23.9 Å². The van der Waals surface area contributed by atoms with Gasteiger partial charge in [0.05, 0.1) is 17.2 Å². The number of nitrogens with zero attached hydrogens (tertiary/aromatic N) is 1. The summed E-state index contributed by atoms with van der Waals surface area (Å²) in [7, 11) is 0. The van der Waals surface area contributed by atoms with Crippen LogP contribution < -0.4 is 0 Å². The molecule has 86 valence electrons. The van der Waals surface area contributed by atoms with Gasteiger partial charge < -0.3 is 5.11 Å². The maximum atomic E-state index is 10.0. The van der Waals surface area contributed by atoms with Crippen LogP contribution in [-0.4, -0.2) is 15.5 Å². The number of aliphatic hydroxyl groups is 1. The second-order valence-electron chi connectivity index (χ2n) is 4.81. The Morgan fingerprint density at radius 3 is 2.00 bits per heavy atom. The Kier molecular flexibility index (Phi) is 3.67. The zero-order valence-electron chi connectivity index (χ0n) is 10.1. The molecule has 1 aromatic carbocycles. The summed E-state index contributed by atoms with van der Waals surface area (Å²) < 4.78 is -0.277. The van der Waals surface area contributed by atoms with Crippen LogP contribution in [0.25, 0.3) is 0 Å². The fourth-order valence-electron chi connectivity index (χ4n) is 1.02. The van der Waals surface area contributed by atoms with Gasteiger partial charge in [-0.1, -0.05) is 0 Å². The third-order valence-electron chi connectivity index (χ3n) is 2.83. The van der Waals surface area contributed by atoms with Gasteiger partial charge in [0.2, 0.25) is 0 Å². The van der Waals surface area contributed by atoms with Gasteiger partial charge in [-0.25, -0.2) is 0 Å². The summed E-state index contributed by atoms with van der Waals surface area (Å²) >= 11 is 1.61. The zero-order chi connectivity index (χ0) is 12.4. The van der Waals surface area contributed by atoms with E-state index >= 15 is 0 Å². The first kappa shape index (κ1) is 13.1. The summed E-state index contributed by atoms with van der Waals surface area (Å²) in [4.78, 5) is 1.06. The van der Waals surface area contributed by atoms with Gasteiger partial charge in [-0.3, -0.25) is 0 Å². The highest BCUT2D eigenvalue weighted by molar-refractivity contribution is 8.00. The van der Waals surface area contributed by atoms with Gasteiger partial charge >= 0.3 is 0 Å². The van der Waals surface area contributed by atoms with Gasteiger partial charge in [0.25, 0.3) is 0 Å². The molecule has 0 saturated heterocycles. The smallest absolute Gasteiger partial charge is 0.0991 e. The molecule has 0 heterocycles. The molecule has 0 atom stereocenters. The predicted molar refractivity (Wildman–Crippen MR) is 67.4 cm³/mol. The van der Waals surface area contributed by atoms with Crippen LogP contribution in [0.1, 0.15) is 33.3 Å². The Labute approximate surface area is 101 Å². The Balaban J connectivity index is 2.85. The standard InChI is InChI=1S/C13H17NOS/c1-12(2,15)13(3,4)16-11-7-5-10(9-14)6-8-11/h5-8,15H,1-4H3. The molecule has 0 amide bonds. The Morgan fingerprint density at radius 2 is 1.62 bits per heavy atom. The van der Waals surface area contributed by atoms with E-state index < -0.39 is 5.60 Å². The van der Waals surface area contributed by atoms with Crippen LogP contribution in [0.3, 0.4) is 0 Å². The van der Waals surface area contributed by atoms with Crippen LogP contribution in [-0.2, 0) is 0 Å². The van der Waals surface area contributed by atoms with Gasteiger partial charge in [-0.15, -0.1) is 11.8 Å². The average Bonchev–Trinajstić information content (AvgIpc) is 2.16. The van der Waals surface area contributed by atoms with Crippen molar-refractivity contribution in [3.05, 3.63) is 29.8 Å². The molecule has 0 aliphatic rings. The van der Waals surface area contributed by atoms with Gasteiger partial charge in [0, 0.05) is 9.64 Å². The first-order valence-electron chi connectivity index (χ1n) is 5.18. The summed E-state index contributed by atoms with van der Waals surface area (Å²) in [6, 6.07) is 9.50. The van der Waals surface area contributed by atoms with Crippen LogP contribution in [0.5, 0.6) is 0 Å². The minimum atomic E-state index is -0.758. The molecule has 1 rings (SSSR count). The highest BCUT2D eigenvalue weighted by Gasteiger charge is 2.35. The average molecular weight is 235 g/mol. The first-order valence-corrected chi connectivity index (χ1v) is 5.99. The molecule has 3 heteroatoms. The van der Waals surface area contributed by atoms with E-state index in [4.69, 9.17) is 5.26 Å². The molecule has 1 aromatic rings. The second kappa shape index (κ2) is 4.48. The minimum Gasteiger partial charge on any atom is -0.389 e. The van der Waals surface area contributed by atoms with Crippen molar-refractivity contribution < 1.29 is 5.11 Å². The maximum absolute atomic E-state index is 10.0. The van der Waals surface area contributed by atoms with Gasteiger partial charge in [0.1, 0.15) is 0 Å². The summed E-state index contributed by atoms with van der Waals surface area (Å²) in [5.74, 6) is 0. The molecule has 2 nitrogen and oxygen atoms in total. The minimum absolute atomic E-state index is 0.277.